The van der Waals surface area contributed by atoms with Crippen LogP contribution in [0.1, 0.15) is 77.6 Å². The fraction of sp³-hybridized carbons (Fsp3) is 0.867. The maximum Gasteiger partial charge on any atom is 0.479 e. The molecule has 0 bridgehead atoms. The summed E-state index contributed by atoms with van der Waals surface area (Å²) in [5, 5.41) is 9.60. The van der Waals surface area contributed by atoms with E-state index in [4.69, 9.17) is 14.7 Å². The number of hydrogen-bond donors (Lipinski definition) is 4. The Morgan fingerprint density at radius 1 is 0.864 bits per heavy atom. The Labute approximate surface area is 133 Å². The van der Waals surface area contributed by atoms with E-state index in [-0.39, 0.29) is 6.42 Å². The molecule has 0 amide bonds. The second kappa shape index (κ2) is 12.1. The van der Waals surface area contributed by atoms with Crippen LogP contribution < -0.4 is 0 Å². The van der Waals surface area contributed by atoms with Gasteiger partial charge in [-0.25, -0.2) is 4.79 Å². The Kier molecular flexibility index (Phi) is 11.9. The lowest BCUT2D eigenvalue weighted by Gasteiger charge is -2.09. The molecule has 0 aliphatic carbocycles. The summed E-state index contributed by atoms with van der Waals surface area (Å²) in [6, 6.07) is 0. The van der Waals surface area contributed by atoms with Crippen LogP contribution in [0.3, 0.4) is 0 Å². The van der Waals surface area contributed by atoms with Gasteiger partial charge in [0.2, 0.25) is 0 Å². The summed E-state index contributed by atoms with van der Waals surface area (Å²) in [7, 11) is -4.62. The van der Waals surface area contributed by atoms with Gasteiger partial charge in [0.25, 0.3) is 0 Å². The molecule has 0 aromatic rings. The molecular formula is C15H30O6P+. The van der Waals surface area contributed by atoms with Gasteiger partial charge in [0, 0.05) is 0 Å². The highest BCUT2D eigenvalue weighted by atomic mass is 31.2. The van der Waals surface area contributed by atoms with Crippen molar-refractivity contribution < 1.29 is 29.4 Å². The molecule has 0 aliphatic rings. The summed E-state index contributed by atoms with van der Waals surface area (Å²) in [6.45, 7) is 2.18. The number of unbranched alkanes of at least 4 members (excludes halogenated alkanes) is 8. The molecule has 6 nitrogen and oxygen atoms in total. The third kappa shape index (κ3) is 11.2. The minimum absolute atomic E-state index is 0.260. The Hall–Kier alpha value is -0.390. The number of aliphatic hydroxyl groups excluding tert-OH is 1. The number of carbonyl (C=O) groups excluding carboxylic acids is 2. The van der Waals surface area contributed by atoms with Crippen LogP contribution in [0.4, 0.5) is 0 Å². The summed E-state index contributed by atoms with van der Waals surface area (Å²) in [6.07, 6.45) is 8.23. The van der Waals surface area contributed by atoms with Gasteiger partial charge in [-0.1, -0.05) is 64.7 Å². The summed E-state index contributed by atoms with van der Waals surface area (Å²) in [4.78, 5) is 48.7. The first-order chi connectivity index (χ1) is 10.3. The molecule has 22 heavy (non-hydrogen) atoms. The van der Waals surface area contributed by atoms with Crippen LogP contribution in [-0.4, -0.2) is 37.2 Å². The molecule has 0 aliphatic heterocycles. The van der Waals surface area contributed by atoms with E-state index in [1.165, 1.54) is 32.1 Å². The lowest BCUT2D eigenvalue weighted by atomic mass is 10.0. The monoisotopic (exact) mass is 337 g/mol. The van der Waals surface area contributed by atoms with Crippen molar-refractivity contribution in [1.29, 1.82) is 0 Å². The summed E-state index contributed by atoms with van der Waals surface area (Å²) in [5.41, 5.74) is -1.32. The lowest BCUT2D eigenvalue weighted by molar-refractivity contribution is -0.131. The fourth-order valence-electron chi connectivity index (χ4n) is 2.18. The van der Waals surface area contributed by atoms with Crippen LogP contribution in [0, 0.1) is 0 Å². The second-order valence-corrected chi connectivity index (χ2v) is 7.37. The van der Waals surface area contributed by atoms with Crippen LogP contribution in [0.15, 0.2) is 0 Å². The standard InChI is InChI=1S/C15H30O6P/c1-2-3-4-5-6-7-8-9-10-11-13(16)14(17)12-15(18)22(19,20)21/h13,16,19-21H,2-12H2,1H3/q+1. The molecule has 4 N–H and O–H groups in total. The number of carbonyl (C=O) groups is 2. The van der Waals surface area contributed by atoms with Crippen molar-refractivity contribution >= 4 is 19.3 Å². The third-order valence-electron chi connectivity index (χ3n) is 3.61. The van der Waals surface area contributed by atoms with E-state index in [1.54, 1.807) is 0 Å². The highest BCUT2D eigenvalue weighted by Crippen LogP contribution is 2.46. The van der Waals surface area contributed by atoms with Gasteiger partial charge in [-0.15, -0.1) is 0 Å². The Bertz CT molecular complexity index is 326. The van der Waals surface area contributed by atoms with E-state index in [2.05, 4.69) is 6.92 Å². The quantitative estimate of drug-likeness (QED) is 0.220. The van der Waals surface area contributed by atoms with Crippen molar-refractivity contribution in [3.05, 3.63) is 0 Å². The average Bonchev–Trinajstić information content (AvgIpc) is 2.44. The largest absolute Gasteiger partial charge is 0.479 e. The first kappa shape index (κ1) is 21.6. The lowest BCUT2D eigenvalue weighted by Crippen LogP contribution is -2.23. The third-order valence-corrected chi connectivity index (χ3v) is 4.44. The predicted molar refractivity (Wildman–Crippen MR) is 86.1 cm³/mol. The molecule has 0 radical (unpaired) electrons. The van der Waals surface area contributed by atoms with Crippen LogP contribution in [-0.2, 0) is 9.59 Å². The number of hydrogen-bond acceptors (Lipinski definition) is 6. The van der Waals surface area contributed by atoms with E-state index in [0.717, 1.165) is 19.3 Å². The normalized spacial score (nSPS) is 13.1. The van der Waals surface area contributed by atoms with Gasteiger partial charge in [-0.2, -0.15) is 14.7 Å². The summed E-state index contributed by atoms with van der Waals surface area (Å²) >= 11 is 0. The Morgan fingerprint density at radius 3 is 1.77 bits per heavy atom. The molecule has 0 fully saturated rings. The molecular weight excluding hydrogens is 307 g/mol. The average molecular weight is 337 g/mol. The van der Waals surface area contributed by atoms with E-state index >= 15 is 0 Å². The van der Waals surface area contributed by atoms with Crippen LogP contribution in [0.25, 0.3) is 0 Å². The first-order valence-corrected chi connectivity index (χ1v) is 9.75. The zero-order chi connectivity index (χ0) is 17.0. The molecule has 1 unspecified atom stereocenters. The molecule has 0 saturated carbocycles. The van der Waals surface area contributed by atoms with Crippen molar-refractivity contribution in [3.63, 3.8) is 0 Å². The zero-order valence-electron chi connectivity index (χ0n) is 13.4. The van der Waals surface area contributed by atoms with Gasteiger partial charge in [0.15, 0.2) is 5.78 Å². The molecule has 0 aromatic carbocycles. The van der Waals surface area contributed by atoms with Gasteiger partial charge in [0.05, 0.1) is 0 Å². The van der Waals surface area contributed by atoms with Crippen molar-refractivity contribution in [2.24, 2.45) is 0 Å². The molecule has 1 atom stereocenters. The Morgan fingerprint density at radius 2 is 1.32 bits per heavy atom. The first-order valence-electron chi connectivity index (χ1n) is 8.10. The molecule has 0 saturated heterocycles. The number of Topliss-reactive ketones (excluding diaryl/α,β-unsaturated/α-hetero) is 1. The predicted octanol–water partition coefficient (Wildman–Crippen LogP) is 2.49. The molecule has 0 aromatic heterocycles. The molecule has 0 heterocycles. The van der Waals surface area contributed by atoms with Gasteiger partial charge in [-0.3, -0.25) is 4.79 Å². The number of aliphatic hydroxyl groups is 1. The second-order valence-electron chi connectivity index (χ2n) is 5.74. The van der Waals surface area contributed by atoms with Crippen molar-refractivity contribution in [2.45, 2.75) is 83.7 Å². The molecule has 0 rings (SSSR count). The van der Waals surface area contributed by atoms with Crippen LogP contribution >= 0.6 is 7.94 Å². The SMILES string of the molecule is CCCCCCCCCCCC(O)C(=O)CC(=O)[P+](O)(O)O. The van der Waals surface area contributed by atoms with Gasteiger partial charge in [-0.05, 0) is 6.42 Å². The number of rotatable bonds is 14. The maximum atomic E-state index is 11.5. The van der Waals surface area contributed by atoms with E-state index in [9.17, 15) is 14.7 Å². The van der Waals surface area contributed by atoms with Gasteiger partial charge >= 0.3 is 13.5 Å². The van der Waals surface area contributed by atoms with E-state index in [0.29, 0.717) is 6.42 Å². The minimum Gasteiger partial charge on any atom is -0.385 e. The molecule has 7 heteroatoms. The summed E-state index contributed by atoms with van der Waals surface area (Å²) in [5.74, 6) is -0.772. The minimum atomic E-state index is -4.62. The Balaban J connectivity index is 3.62. The molecule has 130 valence electrons. The van der Waals surface area contributed by atoms with Crippen molar-refractivity contribution in [3.8, 4) is 0 Å². The smallest absolute Gasteiger partial charge is 0.385 e. The summed E-state index contributed by atoms with van der Waals surface area (Å²) < 4.78 is 0. The van der Waals surface area contributed by atoms with Gasteiger partial charge in [0.1, 0.15) is 12.5 Å². The van der Waals surface area contributed by atoms with Crippen molar-refractivity contribution in [2.75, 3.05) is 0 Å². The van der Waals surface area contributed by atoms with E-state index in [1.807, 2.05) is 0 Å². The topological polar surface area (TPSA) is 115 Å². The van der Waals surface area contributed by atoms with Crippen LogP contribution in [0.5, 0.6) is 0 Å². The number of ketones is 1. The fourth-order valence-corrected chi connectivity index (χ4v) is 2.55. The molecule has 0 spiro atoms. The van der Waals surface area contributed by atoms with Crippen molar-refractivity contribution in [1.82, 2.24) is 0 Å². The van der Waals surface area contributed by atoms with Gasteiger partial charge < -0.3 is 5.11 Å². The highest BCUT2D eigenvalue weighted by Gasteiger charge is 2.43. The zero-order valence-corrected chi connectivity index (χ0v) is 14.3. The van der Waals surface area contributed by atoms with Crippen LogP contribution in [0.2, 0.25) is 0 Å². The van der Waals surface area contributed by atoms with E-state index < -0.39 is 31.8 Å². The maximum absolute atomic E-state index is 11.5. The highest BCUT2D eigenvalue weighted by molar-refractivity contribution is 7.76.